The second-order valence-electron chi connectivity index (χ2n) is 10.1. The molecule has 9 heteroatoms. The lowest BCUT2D eigenvalue weighted by Crippen LogP contribution is -2.04. The standard InChI is InChI=1S/C35H23N7O2/c36-19-24-20-39-32-27(24)4-2-6-29(32)34(44)23-9-13-26(14-10-23)41-35-38-18-16-30(42-35)40-25-11-7-22(8-12-25)33(43)28-5-1-3-21-15-17-37-31(21)28/h1-18,20,37,39H,(H2,38,40,41,42). The Bertz CT molecular complexity index is 2220. The van der Waals surface area contributed by atoms with E-state index in [4.69, 9.17) is 0 Å². The molecular formula is C35H23N7O2. The molecule has 0 aliphatic carbocycles. The van der Waals surface area contributed by atoms with Gasteiger partial charge in [-0.25, -0.2) is 4.98 Å². The molecular weight excluding hydrogens is 550 g/mol. The highest BCUT2D eigenvalue weighted by atomic mass is 16.1. The van der Waals surface area contributed by atoms with E-state index in [-0.39, 0.29) is 11.6 Å². The van der Waals surface area contributed by atoms with Gasteiger partial charge in [-0.15, -0.1) is 0 Å². The zero-order valence-electron chi connectivity index (χ0n) is 23.1. The quantitative estimate of drug-likeness (QED) is 0.140. The first-order chi connectivity index (χ1) is 21.6. The number of aromatic nitrogens is 4. The average Bonchev–Trinajstić information content (AvgIpc) is 3.72. The molecule has 0 spiro atoms. The van der Waals surface area contributed by atoms with E-state index in [9.17, 15) is 14.9 Å². The molecule has 7 aromatic rings. The van der Waals surface area contributed by atoms with Crippen LogP contribution in [-0.2, 0) is 0 Å². The summed E-state index contributed by atoms with van der Waals surface area (Å²) in [5, 5.41) is 17.4. The van der Waals surface area contributed by atoms with Crippen LogP contribution in [0.4, 0.5) is 23.1 Å². The van der Waals surface area contributed by atoms with Crippen LogP contribution in [0.2, 0.25) is 0 Å². The van der Waals surface area contributed by atoms with Crippen LogP contribution in [0.3, 0.4) is 0 Å². The molecule has 44 heavy (non-hydrogen) atoms. The molecule has 4 aromatic carbocycles. The van der Waals surface area contributed by atoms with Crippen molar-refractivity contribution < 1.29 is 9.59 Å². The summed E-state index contributed by atoms with van der Waals surface area (Å²) in [6.45, 7) is 0. The molecule has 0 aliphatic rings. The molecule has 0 saturated heterocycles. The SMILES string of the molecule is N#Cc1c[nH]c2c(C(=O)c3ccc(Nc4nccc(Nc5ccc(C(=O)c6cccc7cc[nH]c67)cc5)n4)cc3)cccc12. The van der Waals surface area contributed by atoms with Gasteiger partial charge in [-0.2, -0.15) is 10.2 Å². The van der Waals surface area contributed by atoms with Gasteiger partial charge in [0.15, 0.2) is 11.6 Å². The highest BCUT2D eigenvalue weighted by Gasteiger charge is 2.16. The van der Waals surface area contributed by atoms with Crippen molar-refractivity contribution in [2.24, 2.45) is 0 Å². The van der Waals surface area contributed by atoms with Gasteiger partial charge in [0.05, 0.1) is 16.6 Å². The summed E-state index contributed by atoms with van der Waals surface area (Å²) in [5.41, 5.74) is 5.68. The number of hydrogen-bond acceptors (Lipinski definition) is 7. The maximum absolute atomic E-state index is 13.2. The lowest BCUT2D eigenvalue weighted by Gasteiger charge is -2.10. The Kier molecular flexibility index (Phi) is 6.62. The fraction of sp³-hybridized carbons (Fsp3) is 0. The molecule has 0 atom stereocenters. The highest BCUT2D eigenvalue weighted by Crippen LogP contribution is 2.25. The van der Waals surface area contributed by atoms with Crippen molar-refractivity contribution >= 4 is 56.5 Å². The Morgan fingerprint density at radius 1 is 0.705 bits per heavy atom. The molecule has 9 nitrogen and oxygen atoms in total. The third-order valence-electron chi connectivity index (χ3n) is 7.39. The summed E-state index contributed by atoms with van der Waals surface area (Å²) < 4.78 is 0. The first kappa shape index (κ1) is 26.4. The Balaban J connectivity index is 1.03. The van der Waals surface area contributed by atoms with Crippen LogP contribution >= 0.6 is 0 Å². The minimum atomic E-state index is -0.148. The summed E-state index contributed by atoms with van der Waals surface area (Å²) in [4.78, 5) is 41.4. The van der Waals surface area contributed by atoms with Crippen LogP contribution in [0.5, 0.6) is 0 Å². The van der Waals surface area contributed by atoms with Crippen LogP contribution in [-0.4, -0.2) is 31.5 Å². The van der Waals surface area contributed by atoms with Crippen molar-refractivity contribution in [3.8, 4) is 6.07 Å². The van der Waals surface area contributed by atoms with E-state index in [0.717, 1.165) is 22.0 Å². The number of nitrogens with zero attached hydrogens (tertiary/aromatic N) is 3. The minimum Gasteiger partial charge on any atom is -0.361 e. The first-order valence-electron chi connectivity index (χ1n) is 13.8. The number of carbonyl (C=O) groups is 2. The lowest BCUT2D eigenvalue weighted by atomic mass is 10.0. The summed E-state index contributed by atoms with van der Waals surface area (Å²) in [6.07, 6.45) is 5.08. The lowest BCUT2D eigenvalue weighted by molar-refractivity contribution is 0.103. The number of nitriles is 1. The topological polar surface area (TPSA) is 139 Å². The van der Waals surface area contributed by atoms with Crippen LogP contribution in [0.25, 0.3) is 21.8 Å². The van der Waals surface area contributed by atoms with Crippen LogP contribution in [0, 0.1) is 11.3 Å². The Morgan fingerprint density at radius 3 is 2.07 bits per heavy atom. The van der Waals surface area contributed by atoms with E-state index < -0.39 is 0 Å². The predicted octanol–water partition coefficient (Wildman–Crippen LogP) is 7.26. The third-order valence-corrected chi connectivity index (χ3v) is 7.39. The van der Waals surface area contributed by atoms with Gasteiger partial charge in [-0.3, -0.25) is 9.59 Å². The molecule has 0 fully saturated rings. The van der Waals surface area contributed by atoms with Crippen molar-refractivity contribution in [3.05, 3.63) is 143 Å². The number of benzene rings is 4. The number of hydrogen-bond donors (Lipinski definition) is 4. The molecule has 0 amide bonds. The van der Waals surface area contributed by atoms with Crippen LogP contribution in [0.15, 0.2) is 116 Å². The maximum Gasteiger partial charge on any atom is 0.229 e. The zero-order valence-corrected chi connectivity index (χ0v) is 23.1. The van der Waals surface area contributed by atoms with Crippen molar-refractivity contribution in [1.82, 2.24) is 19.9 Å². The molecule has 3 heterocycles. The van der Waals surface area contributed by atoms with Gasteiger partial charge in [0.25, 0.3) is 0 Å². The van der Waals surface area contributed by atoms with Gasteiger partial charge >= 0.3 is 0 Å². The molecule has 0 unspecified atom stereocenters. The summed E-state index contributed by atoms with van der Waals surface area (Å²) >= 11 is 0. The summed E-state index contributed by atoms with van der Waals surface area (Å²) in [6, 6.07) is 31.1. The van der Waals surface area contributed by atoms with Gasteiger partial charge in [-0.1, -0.05) is 24.3 Å². The normalized spacial score (nSPS) is 10.9. The minimum absolute atomic E-state index is 0.0553. The number of carbonyl (C=O) groups excluding carboxylic acids is 2. The fourth-order valence-electron chi connectivity index (χ4n) is 5.20. The molecule has 0 radical (unpaired) electrons. The first-order valence-corrected chi connectivity index (χ1v) is 13.8. The number of aromatic amines is 2. The van der Waals surface area contributed by atoms with Crippen molar-refractivity contribution in [1.29, 1.82) is 5.26 Å². The Hall–Kier alpha value is -6.53. The van der Waals surface area contributed by atoms with Crippen molar-refractivity contribution in [2.45, 2.75) is 0 Å². The zero-order chi connectivity index (χ0) is 30.0. The van der Waals surface area contributed by atoms with Gasteiger partial charge in [-0.05, 0) is 72.8 Å². The van der Waals surface area contributed by atoms with Gasteiger partial charge in [0, 0.05) is 63.0 Å². The Morgan fingerprint density at radius 2 is 1.36 bits per heavy atom. The number of anilines is 4. The summed E-state index contributed by atoms with van der Waals surface area (Å²) in [5.74, 6) is 0.741. The van der Waals surface area contributed by atoms with E-state index in [0.29, 0.717) is 50.8 Å². The van der Waals surface area contributed by atoms with Crippen LogP contribution in [0.1, 0.15) is 37.4 Å². The molecule has 7 rings (SSSR count). The number of nitrogens with one attached hydrogen (secondary N) is 4. The van der Waals surface area contributed by atoms with Gasteiger partial charge in [0.1, 0.15) is 11.9 Å². The number of ketones is 2. The number of fused-ring (bicyclic) bond motifs is 2. The van der Waals surface area contributed by atoms with Gasteiger partial charge in [0.2, 0.25) is 5.95 Å². The average molecular weight is 574 g/mol. The van der Waals surface area contributed by atoms with E-state index in [1.807, 2.05) is 48.7 Å². The Labute approximate surface area is 251 Å². The number of para-hydroxylation sites is 2. The van der Waals surface area contributed by atoms with E-state index >= 15 is 0 Å². The number of H-pyrrole nitrogens is 2. The van der Waals surface area contributed by atoms with E-state index in [1.54, 1.807) is 67.0 Å². The second kappa shape index (κ2) is 11.0. The molecule has 3 aromatic heterocycles. The second-order valence-corrected chi connectivity index (χ2v) is 10.1. The van der Waals surface area contributed by atoms with Crippen molar-refractivity contribution in [2.75, 3.05) is 10.6 Å². The maximum atomic E-state index is 13.2. The largest absolute Gasteiger partial charge is 0.361 e. The van der Waals surface area contributed by atoms with Crippen molar-refractivity contribution in [3.63, 3.8) is 0 Å². The third kappa shape index (κ3) is 4.93. The smallest absolute Gasteiger partial charge is 0.229 e. The molecule has 0 aliphatic heterocycles. The highest BCUT2D eigenvalue weighted by molar-refractivity contribution is 6.16. The predicted molar refractivity (Wildman–Crippen MR) is 170 cm³/mol. The van der Waals surface area contributed by atoms with Gasteiger partial charge < -0.3 is 20.6 Å². The molecule has 0 bridgehead atoms. The van der Waals surface area contributed by atoms with E-state index in [1.165, 1.54) is 0 Å². The molecule has 0 saturated carbocycles. The fourth-order valence-corrected chi connectivity index (χ4v) is 5.20. The molecule has 210 valence electrons. The monoisotopic (exact) mass is 573 g/mol. The summed E-state index contributed by atoms with van der Waals surface area (Å²) in [7, 11) is 0. The number of rotatable bonds is 8. The van der Waals surface area contributed by atoms with Crippen LogP contribution < -0.4 is 10.6 Å². The molecule has 4 N–H and O–H groups in total. The van der Waals surface area contributed by atoms with E-state index in [2.05, 4.69) is 36.6 Å².